The molecule has 3 aromatic carbocycles. The van der Waals surface area contributed by atoms with E-state index in [1.807, 2.05) is 54.6 Å². The van der Waals surface area contributed by atoms with E-state index in [9.17, 15) is 4.79 Å². The number of amides is 1. The Kier molecular flexibility index (Phi) is 4.77. The molecule has 4 heteroatoms. The first-order chi connectivity index (χ1) is 11.6. The van der Waals surface area contributed by atoms with Crippen molar-refractivity contribution in [2.75, 3.05) is 0 Å². The predicted molar refractivity (Wildman–Crippen MR) is 96.0 cm³/mol. The standard InChI is InChI=1S/C20H20N2O2/c1-14(21)20(23)22-13-15-9-11-17(12-10-15)24-19-8-4-6-16-5-2-3-7-18(16)19/h2-12,14H,13,21H2,1H3,(H,22,23)/t14-/m0/s1. The molecule has 0 saturated heterocycles. The van der Waals surface area contributed by atoms with Crippen LogP contribution in [-0.2, 0) is 11.3 Å². The highest BCUT2D eigenvalue weighted by Crippen LogP contribution is 2.29. The van der Waals surface area contributed by atoms with Crippen LogP contribution in [0.2, 0.25) is 0 Å². The van der Waals surface area contributed by atoms with Crippen LogP contribution in [0, 0.1) is 0 Å². The zero-order valence-electron chi connectivity index (χ0n) is 13.5. The average molecular weight is 320 g/mol. The minimum atomic E-state index is -0.501. The van der Waals surface area contributed by atoms with Crippen molar-refractivity contribution in [1.29, 1.82) is 0 Å². The van der Waals surface area contributed by atoms with Gasteiger partial charge in [0, 0.05) is 11.9 Å². The second kappa shape index (κ2) is 7.15. The van der Waals surface area contributed by atoms with Crippen LogP contribution in [-0.4, -0.2) is 11.9 Å². The third kappa shape index (κ3) is 3.73. The number of hydrogen-bond donors (Lipinski definition) is 2. The lowest BCUT2D eigenvalue weighted by atomic mass is 10.1. The molecule has 3 N–H and O–H groups in total. The molecule has 1 amide bonds. The summed E-state index contributed by atoms with van der Waals surface area (Å²) in [7, 11) is 0. The number of hydrogen-bond acceptors (Lipinski definition) is 3. The van der Waals surface area contributed by atoms with Gasteiger partial charge in [-0.1, -0.05) is 48.5 Å². The van der Waals surface area contributed by atoms with Gasteiger partial charge in [0.15, 0.2) is 0 Å². The van der Waals surface area contributed by atoms with Crippen LogP contribution < -0.4 is 15.8 Å². The number of benzene rings is 3. The van der Waals surface area contributed by atoms with Gasteiger partial charge in [-0.2, -0.15) is 0 Å². The maximum atomic E-state index is 11.5. The van der Waals surface area contributed by atoms with E-state index in [-0.39, 0.29) is 5.91 Å². The molecule has 122 valence electrons. The largest absolute Gasteiger partial charge is 0.457 e. The fourth-order valence-electron chi connectivity index (χ4n) is 2.44. The quantitative estimate of drug-likeness (QED) is 0.755. The minimum Gasteiger partial charge on any atom is -0.457 e. The van der Waals surface area contributed by atoms with Gasteiger partial charge in [0.05, 0.1) is 6.04 Å². The number of nitrogens with two attached hydrogens (primary N) is 1. The zero-order chi connectivity index (χ0) is 16.9. The highest BCUT2D eigenvalue weighted by atomic mass is 16.5. The molecule has 0 heterocycles. The van der Waals surface area contributed by atoms with Gasteiger partial charge in [0.2, 0.25) is 5.91 Å². The van der Waals surface area contributed by atoms with Gasteiger partial charge in [0.1, 0.15) is 11.5 Å². The lowest BCUT2D eigenvalue weighted by molar-refractivity contribution is -0.122. The molecule has 0 radical (unpaired) electrons. The summed E-state index contributed by atoms with van der Waals surface area (Å²) in [6.07, 6.45) is 0. The Morgan fingerprint density at radius 3 is 2.50 bits per heavy atom. The SMILES string of the molecule is C[C@H](N)C(=O)NCc1ccc(Oc2cccc3ccccc23)cc1. The monoisotopic (exact) mass is 320 g/mol. The van der Waals surface area contributed by atoms with E-state index in [1.165, 1.54) is 0 Å². The second-order valence-electron chi connectivity index (χ2n) is 5.73. The lowest BCUT2D eigenvalue weighted by Crippen LogP contribution is -2.37. The molecule has 3 rings (SSSR count). The van der Waals surface area contributed by atoms with Crippen molar-refractivity contribution in [2.45, 2.75) is 19.5 Å². The van der Waals surface area contributed by atoms with E-state index in [0.29, 0.717) is 6.54 Å². The third-order valence-corrected chi connectivity index (χ3v) is 3.78. The Hall–Kier alpha value is -2.85. The molecule has 0 unspecified atom stereocenters. The molecule has 0 aliphatic heterocycles. The van der Waals surface area contributed by atoms with E-state index >= 15 is 0 Å². The number of rotatable bonds is 5. The fourth-order valence-corrected chi connectivity index (χ4v) is 2.44. The Labute approximate surface area is 141 Å². The molecule has 0 spiro atoms. The summed E-state index contributed by atoms with van der Waals surface area (Å²) in [4.78, 5) is 11.5. The van der Waals surface area contributed by atoms with Crippen molar-refractivity contribution < 1.29 is 9.53 Å². The lowest BCUT2D eigenvalue weighted by Gasteiger charge is -2.10. The van der Waals surface area contributed by atoms with Crippen molar-refractivity contribution in [3.8, 4) is 11.5 Å². The van der Waals surface area contributed by atoms with E-state index in [1.54, 1.807) is 6.92 Å². The zero-order valence-corrected chi connectivity index (χ0v) is 13.5. The van der Waals surface area contributed by atoms with Crippen LogP contribution in [0.5, 0.6) is 11.5 Å². The summed E-state index contributed by atoms with van der Waals surface area (Å²) in [5.41, 5.74) is 6.52. The van der Waals surface area contributed by atoms with Gasteiger partial charge in [-0.05, 0) is 36.1 Å². The number of ether oxygens (including phenoxy) is 1. The van der Waals surface area contributed by atoms with Crippen LogP contribution >= 0.6 is 0 Å². The Morgan fingerprint density at radius 1 is 1.04 bits per heavy atom. The summed E-state index contributed by atoms with van der Waals surface area (Å²) < 4.78 is 6.00. The van der Waals surface area contributed by atoms with Gasteiger partial charge in [-0.15, -0.1) is 0 Å². The predicted octanol–water partition coefficient (Wildman–Crippen LogP) is 3.60. The van der Waals surface area contributed by atoms with Crippen LogP contribution in [0.3, 0.4) is 0 Å². The van der Waals surface area contributed by atoms with Crippen molar-refractivity contribution in [3.05, 3.63) is 72.3 Å². The summed E-state index contributed by atoms with van der Waals surface area (Å²) in [6.45, 7) is 2.12. The average Bonchev–Trinajstić information content (AvgIpc) is 2.61. The number of fused-ring (bicyclic) bond motifs is 1. The molecule has 0 saturated carbocycles. The second-order valence-corrected chi connectivity index (χ2v) is 5.73. The van der Waals surface area contributed by atoms with Crippen LogP contribution in [0.25, 0.3) is 10.8 Å². The highest BCUT2D eigenvalue weighted by Gasteiger charge is 2.07. The Balaban J connectivity index is 1.71. The maximum absolute atomic E-state index is 11.5. The number of nitrogens with one attached hydrogen (secondary N) is 1. The number of carbonyl (C=O) groups is 1. The molecule has 3 aromatic rings. The summed E-state index contributed by atoms with van der Waals surface area (Å²) in [5.74, 6) is 1.42. The van der Waals surface area contributed by atoms with Crippen molar-refractivity contribution >= 4 is 16.7 Å². The van der Waals surface area contributed by atoms with Crippen LogP contribution in [0.1, 0.15) is 12.5 Å². The molecule has 0 bridgehead atoms. The van der Waals surface area contributed by atoms with Crippen LogP contribution in [0.4, 0.5) is 0 Å². The van der Waals surface area contributed by atoms with E-state index in [2.05, 4.69) is 17.4 Å². The van der Waals surface area contributed by atoms with Gasteiger partial charge < -0.3 is 15.8 Å². The normalized spacial score (nSPS) is 11.9. The Bertz CT molecular complexity index is 836. The molecule has 1 atom stereocenters. The smallest absolute Gasteiger partial charge is 0.236 e. The fraction of sp³-hybridized carbons (Fsp3) is 0.150. The van der Waals surface area contributed by atoms with Crippen LogP contribution in [0.15, 0.2) is 66.7 Å². The highest BCUT2D eigenvalue weighted by molar-refractivity contribution is 5.88. The van der Waals surface area contributed by atoms with E-state index < -0.39 is 6.04 Å². The molecule has 0 fully saturated rings. The summed E-state index contributed by atoms with van der Waals surface area (Å²) in [5, 5.41) is 5.01. The topological polar surface area (TPSA) is 64.4 Å². The first-order valence-corrected chi connectivity index (χ1v) is 7.91. The van der Waals surface area contributed by atoms with Gasteiger partial charge >= 0.3 is 0 Å². The first kappa shape index (κ1) is 16.0. The molecule has 0 aromatic heterocycles. The molecular formula is C20H20N2O2. The summed E-state index contributed by atoms with van der Waals surface area (Å²) >= 11 is 0. The van der Waals surface area contributed by atoms with Gasteiger partial charge in [0.25, 0.3) is 0 Å². The summed E-state index contributed by atoms with van der Waals surface area (Å²) in [6, 6.07) is 21.3. The molecular weight excluding hydrogens is 300 g/mol. The molecule has 24 heavy (non-hydrogen) atoms. The van der Waals surface area contributed by atoms with E-state index in [4.69, 9.17) is 10.5 Å². The van der Waals surface area contributed by atoms with Crippen molar-refractivity contribution in [3.63, 3.8) is 0 Å². The van der Waals surface area contributed by atoms with Gasteiger partial charge in [-0.3, -0.25) is 4.79 Å². The van der Waals surface area contributed by atoms with Crippen molar-refractivity contribution in [2.24, 2.45) is 5.73 Å². The Morgan fingerprint density at radius 2 is 1.75 bits per heavy atom. The molecule has 0 aliphatic carbocycles. The molecule has 4 nitrogen and oxygen atoms in total. The maximum Gasteiger partial charge on any atom is 0.236 e. The van der Waals surface area contributed by atoms with Crippen molar-refractivity contribution in [1.82, 2.24) is 5.32 Å². The van der Waals surface area contributed by atoms with E-state index in [0.717, 1.165) is 27.8 Å². The minimum absolute atomic E-state index is 0.161. The first-order valence-electron chi connectivity index (χ1n) is 7.91. The third-order valence-electron chi connectivity index (χ3n) is 3.78. The molecule has 0 aliphatic rings. The van der Waals surface area contributed by atoms with Gasteiger partial charge in [-0.25, -0.2) is 0 Å². The number of carbonyl (C=O) groups excluding carboxylic acids is 1.